The van der Waals surface area contributed by atoms with E-state index in [4.69, 9.17) is 9.15 Å². The first-order chi connectivity index (χ1) is 10.2. The van der Waals surface area contributed by atoms with Gasteiger partial charge in [0.2, 0.25) is 5.89 Å². The molecule has 0 saturated heterocycles. The molecule has 3 rings (SSSR count). The van der Waals surface area contributed by atoms with Crippen LogP contribution in [0.5, 0.6) is 5.75 Å². The van der Waals surface area contributed by atoms with Crippen LogP contribution in [0.4, 0.5) is 0 Å². The largest absolute Gasteiger partial charge is 0.497 e. The molecular weight excluding hydrogens is 264 g/mol. The Balaban J connectivity index is 1.67. The second kappa shape index (κ2) is 5.90. The number of aromatic nitrogens is 1. The second-order valence-corrected chi connectivity index (χ2v) is 5.87. The minimum absolute atomic E-state index is 0.617. The zero-order valence-electron chi connectivity index (χ0n) is 12.9. The van der Waals surface area contributed by atoms with Gasteiger partial charge in [-0.3, -0.25) is 4.90 Å². The molecule has 112 valence electrons. The van der Waals surface area contributed by atoms with Crippen molar-refractivity contribution in [1.29, 1.82) is 0 Å². The maximum atomic E-state index is 5.60. The predicted molar refractivity (Wildman–Crippen MR) is 82.1 cm³/mol. The molecule has 0 aliphatic heterocycles. The first kappa shape index (κ1) is 14.1. The minimum Gasteiger partial charge on any atom is -0.497 e. The van der Waals surface area contributed by atoms with E-state index in [-0.39, 0.29) is 0 Å². The highest BCUT2D eigenvalue weighted by atomic mass is 16.5. The second-order valence-electron chi connectivity index (χ2n) is 5.87. The summed E-state index contributed by atoms with van der Waals surface area (Å²) in [6.07, 6.45) is 4.48. The standard InChI is InChI=1S/C17H22N2O2/c1-12(13-4-5-13)19(2)10-15-11-21-17(18-15)14-6-8-16(20-3)9-7-14/h6-9,11-13H,4-5,10H2,1-3H3. The van der Waals surface area contributed by atoms with Crippen molar-refractivity contribution >= 4 is 0 Å². The van der Waals surface area contributed by atoms with Crippen LogP contribution in [0.3, 0.4) is 0 Å². The molecule has 1 unspecified atom stereocenters. The lowest BCUT2D eigenvalue weighted by molar-refractivity contribution is 0.224. The Bertz CT molecular complexity index is 587. The van der Waals surface area contributed by atoms with Crippen LogP contribution in [0, 0.1) is 5.92 Å². The summed E-state index contributed by atoms with van der Waals surface area (Å²) < 4.78 is 10.8. The van der Waals surface area contributed by atoms with E-state index in [1.165, 1.54) is 12.8 Å². The molecule has 1 aromatic heterocycles. The van der Waals surface area contributed by atoms with Crippen molar-refractivity contribution in [1.82, 2.24) is 9.88 Å². The third-order valence-corrected chi connectivity index (χ3v) is 4.30. The third-order valence-electron chi connectivity index (χ3n) is 4.30. The van der Waals surface area contributed by atoms with Crippen LogP contribution in [0.15, 0.2) is 34.9 Å². The highest BCUT2D eigenvalue weighted by Gasteiger charge is 2.30. The number of oxazole rings is 1. The van der Waals surface area contributed by atoms with Crippen molar-refractivity contribution < 1.29 is 9.15 Å². The van der Waals surface area contributed by atoms with Crippen molar-refractivity contribution in [2.24, 2.45) is 5.92 Å². The van der Waals surface area contributed by atoms with Gasteiger partial charge in [0.25, 0.3) is 0 Å². The average molecular weight is 286 g/mol. The summed E-state index contributed by atoms with van der Waals surface area (Å²) in [5.41, 5.74) is 1.95. The Labute approximate surface area is 125 Å². The Morgan fingerprint density at radius 3 is 2.67 bits per heavy atom. The van der Waals surface area contributed by atoms with Gasteiger partial charge < -0.3 is 9.15 Å². The van der Waals surface area contributed by atoms with Gasteiger partial charge in [-0.25, -0.2) is 4.98 Å². The Morgan fingerprint density at radius 2 is 2.05 bits per heavy atom. The molecule has 2 aromatic rings. The minimum atomic E-state index is 0.617. The maximum absolute atomic E-state index is 5.60. The molecule has 1 aromatic carbocycles. The number of hydrogen-bond donors (Lipinski definition) is 0. The maximum Gasteiger partial charge on any atom is 0.226 e. The summed E-state index contributed by atoms with van der Waals surface area (Å²) >= 11 is 0. The fourth-order valence-corrected chi connectivity index (χ4v) is 2.58. The number of benzene rings is 1. The monoisotopic (exact) mass is 286 g/mol. The van der Waals surface area contributed by atoms with Crippen LogP contribution in [-0.2, 0) is 6.54 Å². The average Bonchev–Trinajstić information content (AvgIpc) is 3.26. The molecule has 1 fully saturated rings. The number of rotatable bonds is 6. The van der Waals surface area contributed by atoms with Crippen LogP contribution in [0.25, 0.3) is 11.5 Å². The van der Waals surface area contributed by atoms with Crippen LogP contribution in [0.2, 0.25) is 0 Å². The van der Waals surface area contributed by atoms with Gasteiger partial charge in [0, 0.05) is 18.2 Å². The van der Waals surface area contributed by atoms with Crippen molar-refractivity contribution in [2.75, 3.05) is 14.2 Å². The van der Waals surface area contributed by atoms with E-state index in [0.717, 1.165) is 29.5 Å². The molecule has 1 aliphatic carbocycles. The van der Waals surface area contributed by atoms with Gasteiger partial charge >= 0.3 is 0 Å². The fourth-order valence-electron chi connectivity index (χ4n) is 2.58. The number of hydrogen-bond acceptors (Lipinski definition) is 4. The first-order valence-corrected chi connectivity index (χ1v) is 7.46. The summed E-state index contributed by atoms with van der Waals surface area (Å²) in [6, 6.07) is 8.38. The predicted octanol–water partition coefficient (Wildman–Crippen LogP) is 3.58. The third kappa shape index (κ3) is 3.27. The summed E-state index contributed by atoms with van der Waals surface area (Å²) in [6.45, 7) is 3.12. The molecule has 1 heterocycles. The van der Waals surface area contributed by atoms with Crippen molar-refractivity contribution in [3.63, 3.8) is 0 Å². The summed E-state index contributed by atoms with van der Waals surface area (Å²) in [4.78, 5) is 6.94. The van der Waals surface area contributed by atoms with E-state index in [9.17, 15) is 0 Å². The molecule has 1 saturated carbocycles. The molecule has 4 heteroatoms. The smallest absolute Gasteiger partial charge is 0.226 e. The lowest BCUT2D eigenvalue weighted by Crippen LogP contribution is -2.30. The van der Waals surface area contributed by atoms with E-state index >= 15 is 0 Å². The molecule has 0 amide bonds. The van der Waals surface area contributed by atoms with Crippen molar-refractivity contribution in [3.05, 3.63) is 36.2 Å². The molecular formula is C17H22N2O2. The fraction of sp³-hybridized carbons (Fsp3) is 0.471. The van der Waals surface area contributed by atoms with Crippen LogP contribution >= 0.6 is 0 Å². The summed E-state index contributed by atoms with van der Waals surface area (Å²) in [7, 11) is 3.82. The highest BCUT2D eigenvalue weighted by Crippen LogP contribution is 2.35. The molecule has 0 spiro atoms. The van der Waals surface area contributed by atoms with Gasteiger partial charge in [0.05, 0.1) is 12.8 Å². The van der Waals surface area contributed by atoms with E-state index in [1.54, 1.807) is 13.4 Å². The number of methoxy groups -OCH3 is 1. The van der Waals surface area contributed by atoms with Crippen LogP contribution in [0.1, 0.15) is 25.5 Å². The topological polar surface area (TPSA) is 38.5 Å². The van der Waals surface area contributed by atoms with Crippen molar-refractivity contribution in [3.8, 4) is 17.2 Å². The Kier molecular flexibility index (Phi) is 3.97. The van der Waals surface area contributed by atoms with Crippen molar-refractivity contribution in [2.45, 2.75) is 32.4 Å². The van der Waals surface area contributed by atoms with Crippen LogP contribution in [-0.4, -0.2) is 30.1 Å². The molecule has 21 heavy (non-hydrogen) atoms. The molecule has 0 bridgehead atoms. The molecule has 0 radical (unpaired) electrons. The zero-order valence-corrected chi connectivity index (χ0v) is 12.9. The zero-order chi connectivity index (χ0) is 14.8. The molecule has 1 aliphatic rings. The Hall–Kier alpha value is -1.81. The Morgan fingerprint density at radius 1 is 1.33 bits per heavy atom. The van der Waals surface area contributed by atoms with Gasteiger partial charge in [-0.05, 0) is 57.0 Å². The van der Waals surface area contributed by atoms with Gasteiger partial charge in [-0.1, -0.05) is 0 Å². The quantitative estimate of drug-likeness (QED) is 0.813. The summed E-state index contributed by atoms with van der Waals surface area (Å²) in [5.74, 6) is 2.37. The molecule has 4 nitrogen and oxygen atoms in total. The molecule has 1 atom stereocenters. The molecule has 0 N–H and O–H groups in total. The van der Waals surface area contributed by atoms with E-state index < -0.39 is 0 Å². The first-order valence-electron chi connectivity index (χ1n) is 7.46. The van der Waals surface area contributed by atoms with E-state index in [0.29, 0.717) is 11.9 Å². The van der Waals surface area contributed by atoms with E-state index in [1.807, 2.05) is 24.3 Å². The van der Waals surface area contributed by atoms with E-state index in [2.05, 4.69) is 23.9 Å². The van der Waals surface area contributed by atoms with Crippen LogP contribution < -0.4 is 4.74 Å². The lowest BCUT2D eigenvalue weighted by Gasteiger charge is -2.23. The van der Waals surface area contributed by atoms with Gasteiger partial charge in [-0.2, -0.15) is 0 Å². The normalized spacial score (nSPS) is 16.2. The van der Waals surface area contributed by atoms with Gasteiger partial charge in [0.15, 0.2) is 0 Å². The summed E-state index contributed by atoms with van der Waals surface area (Å²) in [5, 5.41) is 0. The van der Waals surface area contributed by atoms with Gasteiger partial charge in [0.1, 0.15) is 12.0 Å². The SMILES string of the molecule is COc1ccc(-c2nc(CN(C)C(C)C3CC3)co2)cc1. The lowest BCUT2D eigenvalue weighted by atomic mass is 10.2. The number of nitrogens with zero attached hydrogens (tertiary/aromatic N) is 2. The van der Waals surface area contributed by atoms with Gasteiger partial charge in [-0.15, -0.1) is 0 Å². The number of ether oxygens (including phenoxy) is 1. The highest BCUT2D eigenvalue weighted by molar-refractivity contribution is 5.54.